The summed E-state index contributed by atoms with van der Waals surface area (Å²) in [5.41, 5.74) is 1.73. The van der Waals surface area contributed by atoms with Crippen molar-refractivity contribution >= 4 is 22.5 Å². The molecule has 31 heavy (non-hydrogen) atoms. The Labute approximate surface area is 177 Å². The average Bonchev–Trinajstić information content (AvgIpc) is 3.40. The van der Waals surface area contributed by atoms with Gasteiger partial charge in [0.05, 0.1) is 12.1 Å². The van der Waals surface area contributed by atoms with Crippen LogP contribution in [0.2, 0.25) is 0 Å². The number of nitrogens with zero attached hydrogens (tertiary/aromatic N) is 2. The molecule has 0 bridgehead atoms. The Balaban J connectivity index is 1.34. The molecule has 0 saturated heterocycles. The van der Waals surface area contributed by atoms with E-state index < -0.39 is 0 Å². The van der Waals surface area contributed by atoms with Crippen LogP contribution in [0.3, 0.4) is 0 Å². The number of rotatable bonds is 6. The van der Waals surface area contributed by atoms with E-state index in [4.69, 9.17) is 14.2 Å². The summed E-state index contributed by atoms with van der Waals surface area (Å²) in [6, 6.07) is 18.6. The van der Waals surface area contributed by atoms with Gasteiger partial charge in [0.1, 0.15) is 18.2 Å². The van der Waals surface area contributed by atoms with Gasteiger partial charge in [0.25, 0.3) is 5.91 Å². The van der Waals surface area contributed by atoms with Gasteiger partial charge in [-0.25, -0.2) is 4.39 Å². The molecule has 0 aliphatic carbocycles. The Bertz CT molecular complexity index is 1250. The van der Waals surface area contributed by atoms with E-state index in [1.165, 1.54) is 12.1 Å². The molecule has 0 saturated carbocycles. The number of ether oxygens (including phenoxy) is 3. The highest BCUT2D eigenvalue weighted by Crippen LogP contribution is 2.34. The lowest BCUT2D eigenvalue weighted by molar-refractivity contribution is 0.102. The van der Waals surface area contributed by atoms with Crippen molar-refractivity contribution < 1.29 is 23.4 Å². The maximum absolute atomic E-state index is 13.0. The number of fused-ring (bicyclic) bond motifs is 2. The highest BCUT2D eigenvalue weighted by atomic mass is 19.1. The SMILES string of the molecule is O=C(Nc1ccc2c(c1)OCO2)c1nn(CCOc2ccc(F)cc2)c2ccccc12. The van der Waals surface area contributed by atoms with Crippen molar-refractivity contribution in [1.29, 1.82) is 0 Å². The van der Waals surface area contributed by atoms with Gasteiger partial charge in [0.2, 0.25) is 6.79 Å². The molecular weight excluding hydrogens is 401 g/mol. The summed E-state index contributed by atoms with van der Waals surface area (Å²) < 4.78 is 31.1. The minimum atomic E-state index is -0.326. The molecule has 1 aliphatic rings. The summed E-state index contributed by atoms with van der Waals surface area (Å²) in [6.07, 6.45) is 0. The van der Waals surface area contributed by atoms with Crippen molar-refractivity contribution in [2.75, 3.05) is 18.7 Å². The molecule has 5 rings (SSSR count). The maximum Gasteiger partial charge on any atom is 0.276 e. The van der Waals surface area contributed by atoms with E-state index in [9.17, 15) is 9.18 Å². The predicted octanol–water partition coefficient (Wildman–Crippen LogP) is 4.24. The Morgan fingerprint density at radius 2 is 1.87 bits per heavy atom. The van der Waals surface area contributed by atoms with Gasteiger partial charge >= 0.3 is 0 Å². The molecule has 1 N–H and O–H groups in total. The minimum Gasteiger partial charge on any atom is -0.492 e. The first-order chi connectivity index (χ1) is 15.2. The average molecular weight is 419 g/mol. The van der Waals surface area contributed by atoms with E-state index in [-0.39, 0.29) is 18.5 Å². The van der Waals surface area contributed by atoms with E-state index in [1.807, 2.05) is 24.3 Å². The topological polar surface area (TPSA) is 74.6 Å². The van der Waals surface area contributed by atoms with Gasteiger partial charge in [-0.2, -0.15) is 5.10 Å². The van der Waals surface area contributed by atoms with Crippen LogP contribution in [-0.2, 0) is 6.54 Å². The molecule has 3 aromatic carbocycles. The molecule has 1 amide bonds. The lowest BCUT2D eigenvalue weighted by Gasteiger charge is -2.07. The number of hydrogen-bond donors (Lipinski definition) is 1. The van der Waals surface area contributed by atoms with Crippen LogP contribution in [0.15, 0.2) is 66.7 Å². The van der Waals surface area contributed by atoms with Crippen molar-refractivity contribution in [2.24, 2.45) is 0 Å². The van der Waals surface area contributed by atoms with E-state index in [2.05, 4.69) is 10.4 Å². The molecule has 0 unspecified atom stereocenters. The highest BCUT2D eigenvalue weighted by Gasteiger charge is 2.19. The second kappa shape index (κ2) is 7.98. The summed E-state index contributed by atoms with van der Waals surface area (Å²) in [7, 11) is 0. The zero-order valence-electron chi connectivity index (χ0n) is 16.4. The van der Waals surface area contributed by atoms with Gasteiger partial charge in [-0.15, -0.1) is 0 Å². The number of benzene rings is 3. The number of nitrogens with one attached hydrogen (secondary N) is 1. The number of para-hydroxylation sites is 1. The Kier molecular flexibility index (Phi) is 4.87. The lowest BCUT2D eigenvalue weighted by atomic mass is 10.2. The van der Waals surface area contributed by atoms with E-state index in [0.29, 0.717) is 41.8 Å². The molecule has 2 heterocycles. The molecular formula is C23H18FN3O4. The molecule has 156 valence electrons. The van der Waals surface area contributed by atoms with Crippen LogP contribution < -0.4 is 19.5 Å². The van der Waals surface area contributed by atoms with Crippen LogP contribution in [0.5, 0.6) is 17.2 Å². The van der Waals surface area contributed by atoms with Crippen molar-refractivity contribution in [1.82, 2.24) is 9.78 Å². The van der Waals surface area contributed by atoms with Crippen LogP contribution in [0, 0.1) is 5.82 Å². The van der Waals surface area contributed by atoms with Gasteiger partial charge in [-0.05, 0) is 42.5 Å². The Morgan fingerprint density at radius 1 is 1.06 bits per heavy atom. The first kappa shape index (κ1) is 18.9. The first-order valence-electron chi connectivity index (χ1n) is 9.72. The van der Waals surface area contributed by atoms with Crippen LogP contribution >= 0.6 is 0 Å². The van der Waals surface area contributed by atoms with Gasteiger partial charge in [-0.3, -0.25) is 9.48 Å². The van der Waals surface area contributed by atoms with Crippen LogP contribution in [0.4, 0.5) is 10.1 Å². The van der Waals surface area contributed by atoms with Gasteiger partial charge < -0.3 is 19.5 Å². The molecule has 4 aromatic rings. The molecule has 1 aromatic heterocycles. The molecule has 0 spiro atoms. The fourth-order valence-electron chi connectivity index (χ4n) is 3.41. The molecule has 8 heteroatoms. The monoisotopic (exact) mass is 419 g/mol. The Morgan fingerprint density at radius 3 is 2.74 bits per heavy atom. The zero-order valence-corrected chi connectivity index (χ0v) is 16.4. The summed E-state index contributed by atoms with van der Waals surface area (Å²) in [5.74, 6) is 1.16. The smallest absolute Gasteiger partial charge is 0.276 e. The number of halogens is 1. The molecule has 7 nitrogen and oxygen atoms in total. The number of carbonyl (C=O) groups is 1. The van der Waals surface area contributed by atoms with E-state index in [0.717, 1.165) is 10.9 Å². The zero-order chi connectivity index (χ0) is 21.2. The Hall–Kier alpha value is -4.07. The summed E-state index contributed by atoms with van der Waals surface area (Å²) in [5, 5.41) is 8.11. The number of hydrogen-bond acceptors (Lipinski definition) is 5. The van der Waals surface area contributed by atoms with Gasteiger partial charge in [-0.1, -0.05) is 18.2 Å². The van der Waals surface area contributed by atoms with E-state index >= 15 is 0 Å². The standard InChI is InChI=1S/C23H18FN3O4/c24-15-5-8-17(9-6-15)29-12-11-27-19-4-2-1-3-18(19)22(26-27)23(28)25-16-7-10-20-21(13-16)31-14-30-20/h1-10,13H,11-12,14H2,(H,25,28). The van der Waals surface area contributed by atoms with Crippen LogP contribution in [0.1, 0.15) is 10.5 Å². The predicted molar refractivity (Wildman–Crippen MR) is 112 cm³/mol. The largest absolute Gasteiger partial charge is 0.492 e. The maximum atomic E-state index is 13.0. The second-order valence-corrected chi connectivity index (χ2v) is 6.91. The highest BCUT2D eigenvalue weighted by molar-refractivity contribution is 6.11. The van der Waals surface area contributed by atoms with E-state index in [1.54, 1.807) is 35.0 Å². The number of anilines is 1. The summed E-state index contributed by atoms with van der Waals surface area (Å²) in [6.45, 7) is 0.914. The van der Waals surface area contributed by atoms with Crippen molar-refractivity contribution in [3.05, 3.63) is 78.2 Å². The molecule has 0 radical (unpaired) electrons. The van der Waals surface area contributed by atoms with Crippen LogP contribution in [0.25, 0.3) is 10.9 Å². The fourth-order valence-corrected chi connectivity index (χ4v) is 3.41. The van der Waals surface area contributed by atoms with Crippen molar-refractivity contribution in [3.8, 4) is 17.2 Å². The molecule has 0 fully saturated rings. The minimum absolute atomic E-state index is 0.168. The number of carbonyl (C=O) groups excluding carboxylic acids is 1. The van der Waals surface area contributed by atoms with Gasteiger partial charge in [0.15, 0.2) is 17.2 Å². The van der Waals surface area contributed by atoms with Crippen LogP contribution in [-0.4, -0.2) is 29.1 Å². The first-order valence-corrected chi connectivity index (χ1v) is 9.72. The number of amides is 1. The fraction of sp³-hybridized carbons (Fsp3) is 0.130. The van der Waals surface area contributed by atoms with Crippen molar-refractivity contribution in [3.63, 3.8) is 0 Å². The second-order valence-electron chi connectivity index (χ2n) is 6.91. The third kappa shape index (κ3) is 3.87. The summed E-state index contributed by atoms with van der Waals surface area (Å²) >= 11 is 0. The number of aromatic nitrogens is 2. The third-order valence-corrected chi connectivity index (χ3v) is 4.89. The lowest BCUT2D eigenvalue weighted by Crippen LogP contribution is -2.15. The van der Waals surface area contributed by atoms with Crippen molar-refractivity contribution in [2.45, 2.75) is 6.54 Å². The third-order valence-electron chi connectivity index (χ3n) is 4.89. The molecule has 0 atom stereocenters. The summed E-state index contributed by atoms with van der Waals surface area (Å²) in [4.78, 5) is 12.9. The molecule has 1 aliphatic heterocycles. The van der Waals surface area contributed by atoms with Gasteiger partial charge in [0, 0.05) is 17.1 Å². The normalized spacial score (nSPS) is 12.2. The quantitative estimate of drug-likeness (QED) is 0.506.